The number of carbonyl (C=O) groups is 1. The Kier molecular flexibility index (Phi) is 5.78. The van der Waals surface area contributed by atoms with E-state index < -0.39 is 5.82 Å². The quantitative estimate of drug-likeness (QED) is 0.636. The van der Waals surface area contributed by atoms with E-state index in [-0.39, 0.29) is 41.0 Å². The maximum Gasteiger partial charge on any atom is 0.410 e. The molecule has 0 spiro atoms. The minimum atomic E-state index is -0.521. The van der Waals surface area contributed by atoms with Crippen LogP contribution in [0.25, 0.3) is 4.85 Å². The van der Waals surface area contributed by atoms with E-state index in [0.717, 1.165) is 18.4 Å². The first-order valence-corrected chi connectivity index (χ1v) is 11.5. The van der Waals surface area contributed by atoms with Crippen LogP contribution in [0.2, 0.25) is 0 Å². The highest BCUT2D eigenvalue weighted by atomic mass is 19.1. The zero-order valence-corrected chi connectivity index (χ0v) is 19.2. The largest absolute Gasteiger partial charge is 0.489 e. The summed E-state index contributed by atoms with van der Waals surface area (Å²) in [5.74, 6) is 0.655. The van der Waals surface area contributed by atoms with Gasteiger partial charge in [0.2, 0.25) is 0 Å². The molecule has 1 aliphatic carbocycles. The van der Waals surface area contributed by atoms with Gasteiger partial charge in [-0.1, -0.05) is 6.07 Å². The molecule has 2 bridgehead atoms. The van der Waals surface area contributed by atoms with E-state index in [1.165, 1.54) is 12.1 Å². The number of aromatic nitrogens is 1. The number of hydrogen-bond donors (Lipinski definition) is 1. The van der Waals surface area contributed by atoms with E-state index in [9.17, 15) is 9.18 Å². The molecule has 1 saturated carbocycles. The maximum atomic E-state index is 14.4. The standard InChI is InChI=1S/C25H27FN4O4/c1-15-21(6-9-28-23(15)29-20-5-4-18(27-3)10-19(20)26)33-22-16-11-30(12-17(22)14-32-13-16)24(31)34-25(2)7-8-25/h4-6,9-10,16-17,22H,7-8,11-14H2,1-2H3,(H,28,29). The number of halogens is 1. The smallest absolute Gasteiger partial charge is 0.410 e. The first-order chi connectivity index (χ1) is 16.3. The summed E-state index contributed by atoms with van der Waals surface area (Å²) >= 11 is 0. The zero-order valence-electron chi connectivity index (χ0n) is 19.2. The van der Waals surface area contributed by atoms with Crippen LogP contribution in [0.15, 0.2) is 30.5 Å². The molecule has 3 fully saturated rings. The fourth-order valence-electron chi connectivity index (χ4n) is 4.52. The van der Waals surface area contributed by atoms with Gasteiger partial charge >= 0.3 is 6.09 Å². The Balaban J connectivity index is 1.30. The van der Waals surface area contributed by atoms with Crippen LogP contribution in [0.5, 0.6) is 5.75 Å². The summed E-state index contributed by atoms with van der Waals surface area (Å²) in [6, 6.07) is 6.06. The van der Waals surface area contributed by atoms with Crippen molar-refractivity contribution in [1.29, 1.82) is 0 Å². The average molecular weight is 467 g/mol. The number of hydrogen-bond acceptors (Lipinski definition) is 6. The molecule has 1 aromatic heterocycles. The third-order valence-electron chi connectivity index (χ3n) is 6.80. The zero-order chi connectivity index (χ0) is 23.9. The first kappa shape index (κ1) is 22.4. The van der Waals surface area contributed by atoms with E-state index in [2.05, 4.69) is 15.1 Å². The Morgan fingerprint density at radius 1 is 1.29 bits per heavy atom. The van der Waals surface area contributed by atoms with Crippen molar-refractivity contribution in [3.63, 3.8) is 0 Å². The monoisotopic (exact) mass is 466 g/mol. The van der Waals surface area contributed by atoms with Crippen molar-refractivity contribution in [2.75, 3.05) is 31.6 Å². The number of piperidine rings is 1. The summed E-state index contributed by atoms with van der Waals surface area (Å²) in [5.41, 5.74) is 0.920. The van der Waals surface area contributed by atoms with Gasteiger partial charge in [0.15, 0.2) is 5.69 Å². The second kappa shape index (κ2) is 8.76. The second-order valence-corrected chi connectivity index (χ2v) is 9.55. The number of likely N-dealkylation sites (tertiary alicyclic amines) is 1. The summed E-state index contributed by atoms with van der Waals surface area (Å²) < 4.78 is 32.3. The molecule has 2 unspecified atom stereocenters. The van der Waals surface area contributed by atoms with Gasteiger partial charge in [0.05, 0.1) is 25.5 Å². The molecule has 1 aromatic carbocycles. The van der Waals surface area contributed by atoms with Gasteiger partial charge in [-0.3, -0.25) is 0 Å². The molecule has 178 valence electrons. The molecule has 2 aromatic rings. The predicted molar refractivity (Wildman–Crippen MR) is 123 cm³/mol. The molecule has 3 heterocycles. The lowest BCUT2D eigenvalue weighted by Gasteiger charge is -2.46. The topological polar surface area (TPSA) is 77.3 Å². The van der Waals surface area contributed by atoms with Crippen LogP contribution >= 0.6 is 0 Å². The SMILES string of the molecule is [C-]#[N+]c1ccc(Nc2nccc(OC3C4COCC3CN(C(=O)OC3(C)CC3)C4)c2C)c(F)c1. The lowest BCUT2D eigenvalue weighted by atomic mass is 9.84. The van der Waals surface area contributed by atoms with Gasteiger partial charge in [0.1, 0.15) is 29.1 Å². The number of carbonyl (C=O) groups excluding carboxylic acids is 1. The highest BCUT2D eigenvalue weighted by Gasteiger charge is 2.47. The van der Waals surface area contributed by atoms with Crippen LogP contribution in [0.3, 0.4) is 0 Å². The predicted octanol–water partition coefficient (Wildman–Crippen LogP) is 4.84. The summed E-state index contributed by atoms with van der Waals surface area (Å²) in [5, 5.41) is 3.01. The number of nitrogens with zero attached hydrogens (tertiary/aromatic N) is 3. The molecule has 1 amide bonds. The maximum absolute atomic E-state index is 14.4. The van der Waals surface area contributed by atoms with Crippen molar-refractivity contribution in [2.24, 2.45) is 11.8 Å². The molecular weight excluding hydrogens is 439 g/mol. The Morgan fingerprint density at radius 3 is 2.68 bits per heavy atom. The van der Waals surface area contributed by atoms with Gasteiger partial charge in [-0.05, 0) is 44.9 Å². The molecule has 2 atom stereocenters. The van der Waals surface area contributed by atoms with E-state index >= 15 is 0 Å². The number of amides is 1. The minimum absolute atomic E-state index is 0.0228. The van der Waals surface area contributed by atoms with Crippen LogP contribution in [0, 0.1) is 31.1 Å². The number of nitrogens with one attached hydrogen (secondary N) is 1. The lowest BCUT2D eigenvalue weighted by molar-refractivity contribution is -0.110. The number of ether oxygens (including phenoxy) is 3. The fraction of sp³-hybridized carbons (Fsp3) is 0.480. The summed E-state index contributed by atoms with van der Waals surface area (Å²) in [4.78, 5) is 22.0. The van der Waals surface area contributed by atoms with Crippen LogP contribution < -0.4 is 10.1 Å². The molecule has 2 aliphatic heterocycles. The van der Waals surface area contributed by atoms with Gasteiger partial charge < -0.3 is 24.4 Å². The average Bonchev–Trinajstić information content (AvgIpc) is 3.53. The minimum Gasteiger partial charge on any atom is -0.489 e. The Bertz CT molecular complexity index is 1130. The lowest BCUT2D eigenvalue weighted by Crippen LogP contribution is -2.59. The van der Waals surface area contributed by atoms with Crippen LogP contribution in [0.4, 0.5) is 26.4 Å². The van der Waals surface area contributed by atoms with Gasteiger partial charge in [0, 0.05) is 36.7 Å². The Labute approximate surface area is 197 Å². The van der Waals surface area contributed by atoms with Crippen LogP contribution in [-0.4, -0.2) is 54.0 Å². The van der Waals surface area contributed by atoms with Crippen molar-refractivity contribution < 1.29 is 23.4 Å². The molecule has 1 N–H and O–H groups in total. The highest BCUT2D eigenvalue weighted by Crippen LogP contribution is 2.40. The van der Waals surface area contributed by atoms with Crippen LogP contribution in [-0.2, 0) is 9.47 Å². The highest BCUT2D eigenvalue weighted by molar-refractivity contribution is 5.69. The van der Waals surface area contributed by atoms with Gasteiger partial charge in [-0.15, -0.1) is 0 Å². The van der Waals surface area contributed by atoms with Crippen molar-refractivity contribution >= 4 is 23.3 Å². The fourth-order valence-corrected chi connectivity index (χ4v) is 4.52. The molecule has 3 aliphatic rings. The number of anilines is 2. The number of benzene rings is 1. The van der Waals surface area contributed by atoms with Crippen LogP contribution in [0.1, 0.15) is 25.3 Å². The third-order valence-corrected chi connectivity index (χ3v) is 6.80. The van der Waals surface area contributed by atoms with Gasteiger partial charge in [0.25, 0.3) is 0 Å². The van der Waals surface area contributed by atoms with Crippen molar-refractivity contribution in [2.45, 2.75) is 38.4 Å². The van der Waals surface area contributed by atoms with Crippen molar-refractivity contribution in [3.05, 3.63) is 53.3 Å². The molecular formula is C25H27FN4O4. The van der Waals surface area contributed by atoms with Gasteiger partial charge in [-0.25, -0.2) is 19.0 Å². The Morgan fingerprint density at radius 2 is 2.03 bits per heavy atom. The van der Waals surface area contributed by atoms with E-state index in [1.807, 2.05) is 13.8 Å². The van der Waals surface area contributed by atoms with Crippen molar-refractivity contribution in [1.82, 2.24) is 9.88 Å². The third kappa shape index (κ3) is 4.50. The first-order valence-electron chi connectivity index (χ1n) is 11.5. The number of pyridine rings is 1. The molecule has 34 heavy (non-hydrogen) atoms. The van der Waals surface area contributed by atoms with Crippen molar-refractivity contribution in [3.8, 4) is 5.75 Å². The molecule has 8 nitrogen and oxygen atoms in total. The molecule has 0 radical (unpaired) electrons. The van der Waals surface area contributed by atoms with E-state index in [1.54, 1.807) is 23.2 Å². The number of fused-ring (bicyclic) bond motifs is 2. The molecule has 2 saturated heterocycles. The van der Waals surface area contributed by atoms with E-state index in [4.69, 9.17) is 20.8 Å². The van der Waals surface area contributed by atoms with E-state index in [0.29, 0.717) is 37.9 Å². The second-order valence-electron chi connectivity index (χ2n) is 9.55. The van der Waals surface area contributed by atoms with Gasteiger partial charge in [-0.2, -0.15) is 0 Å². The summed E-state index contributed by atoms with van der Waals surface area (Å²) in [6.07, 6.45) is 3.08. The summed E-state index contributed by atoms with van der Waals surface area (Å²) in [7, 11) is 0. The molecule has 5 rings (SSSR count). The number of rotatable bonds is 5. The summed E-state index contributed by atoms with van der Waals surface area (Å²) in [6.45, 7) is 12.9. The Hall–Kier alpha value is -3.38. The molecule has 9 heteroatoms. The normalized spacial score (nSPS) is 24.6.